The third-order valence-electron chi connectivity index (χ3n) is 4.00. The van der Waals surface area contributed by atoms with Gasteiger partial charge in [-0.25, -0.2) is 0 Å². The summed E-state index contributed by atoms with van der Waals surface area (Å²) in [5.74, 6) is 0.460. The predicted octanol–water partition coefficient (Wildman–Crippen LogP) is 4.70. The number of rotatable bonds is 5. The summed E-state index contributed by atoms with van der Waals surface area (Å²) in [6.45, 7) is 4.08. The molecular weight excluding hydrogens is 326 g/mol. The number of carbonyl (C=O) groups excluding carboxylic acids is 1. The van der Waals surface area contributed by atoms with Crippen molar-refractivity contribution in [2.75, 3.05) is 17.7 Å². The van der Waals surface area contributed by atoms with Crippen molar-refractivity contribution in [1.29, 1.82) is 0 Å². The Kier molecular flexibility index (Phi) is 5.17. The van der Waals surface area contributed by atoms with Gasteiger partial charge in [-0.1, -0.05) is 18.2 Å². The first-order valence-electron chi connectivity index (χ1n) is 8.30. The Morgan fingerprint density at radius 3 is 2.65 bits per heavy atom. The van der Waals surface area contributed by atoms with Gasteiger partial charge in [0.2, 0.25) is 0 Å². The van der Waals surface area contributed by atoms with E-state index in [0.717, 1.165) is 22.5 Å². The van der Waals surface area contributed by atoms with Crippen LogP contribution in [0.15, 0.2) is 60.9 Å². The number of benzene rings is 2. The molecule has 0 saturated heterocycles. The molecule has 0 aliphatic rings. The summed E-state index contributed by atoms with van der Waals surface area (Å²) in [5.41, 5.74) is 5.19. The number of amides is 1. The topological polar surface area (TPSA) is 63.2 Å². The summed E-state index contributed by atoms with van der Waals surface area (Å²) in [4.78, 5) is 16.7. The Bertz CT molecular complexity index is 938. The Labute approximate surface area is 153 Å². The summed E-state index contributed by atoms with van der Waals surface area (Å²) in [6.07, 6.45) is 3.24. The van der Waals surface area contributed by atoms with Gasteiger partial charge in [0.1, 0.15) is 5.75 Å². The first kappa shape index (κ1) is 17.5. The van der Waals surface area contributed by atoms with Gasteiger partial charge in [0, 0.05) is 23.6 Å². The lowest BCUT2D eigenvalue weighted by Gasteiger charge is -2.12. The standard InChI is InChI=1S/C21H21N3O2/c1-14-7-8-15(2)20(9-14)23-18-10-16(12-22-13-18)21(25)24-17-5-4-6-19(11-17)26-3/h4-13,23H,1-3H3,(H,24,25). The zero-order chi connectivity index (χ0) is 18.5. The highest BCUT2D eigenvalue weighted by atomic mass is 16.5. The second kappa shape index (κ2) is 7.70. The monoisotopic (exact) mass is 347 g/mol. The van der Waals surface area contributed by atoms with Crippen LogP contribution in [0.1, 0.15) is 21.5 Å². The first-order chi connectivity index (χ1) is 12.5. The molecule has 5 heteroatoms. The van der Waals surface area contributed by atoms with Crippen LogP contribution < -0.4 is 15.4 Å². The molecule has 0 bridgehead atoms. The summed E-state index contributed by atoms with van der Waals surface area (Å²) in [6, 6.07) is 15.2. The molecule has 0 radical (unpaired) electrons. The molecule has 0 spiro atoms. The van der Waals surface area contributed by atoms with E-state index in [1.807, 2.05) is 32.0 Å². The highest BCUT2D eigenvalue weighted by Crippen LogP contribution is 2.22. The molecule has 1 amide bonds. The van der Waals surface area contributed by atoms with Crippen LogP contribution in [-0.2, 0) is 0 Å². The van der Waals surface area contributed by atoms with Crippen LogP contribution in [0.4, 0.5) is 17.1 Å². The van der Waals surface area contributed by atoms with Crippen LogP contribution >= 0.6 is 0 Å². The third-order valence-corrected chi connectivity index (χ3v) is 4.00. The fourth-order valence-electron chi connectivity index (χ4n) is 2.56. The van der Waals surface area contributed by atoms with E-state index in [1.165, 1.54) is 0 Å². The molecular formula is C21H21N3O2. The Morgan fingerprint density at radius 1 is 1.00 bits per heavy atom. The van der Waals surface area contributed by atoms with Crippen molar-refractivity contribution < 1.29 is 9.53 Å². The largest absolute Gasteiger partial charge is 0.497 e. The molecule has 1 heterocycles. The van der Waals surface area contributed by atoms with Crippen molar-refractivity contribution in [3.8, 4) is 5.75 Å². The maximum absolute atomic E-state index is 12.5. The number of hydrogen-bond acceptors (Lipinski definition) is 4. The van der Waals surface area contributed by atoms with Gasteiger partial charge in [0.25, 0.3) is 5.91 Å². The maximum atomic E-state index is 12.5. The SMILES string of the molecule is COc1cccc(NC(=O)c2cncc(Nc3cc(C)ccc3C)c2)c1. The van der Waals surface area contributed by atoms with E-state index < -0.39 is 0 Å². The summed E-state index contributed by atoms with van der Waals surface area (Å²) < 4.78 is 5.17. The van der Waals surface area contributed by atoms with E-state index in [2.05, 4.69) is 33.8 Å². The molecule has 0 atom stereocenters. The zero-order valence-corrected chi connectivity index (χ0v) is 15.0. The van der Waals surface area contributed by atoms with Crippen LogP contribution in [0.3, 0.4) is 0 Å². The third kappa shape index (κ3) is 4.19. The van der Waals surface area contributed by atoms with E-state index in [9.17, 15) is 4.79 Å². The number of methoxy groups -OCH3 is 1. The molecule has 3 aromatic rings. The predicted molar refractivity (Wildman–Crippen MR) is 104 cm³/mol. The number of pyridine rings is 1. The van der Waals surface area contributed by atoms with Crippen LogP contribution in [0.2, 0.25) is 0 Å². The summed E-state index contributed by atoms with van der Waals surface area (Å²) in [7, 11) is 1.59. The minimum Gasteiger partial charge on any atom is -0.497 e. The lowest BCUT2D eigenvalue weighted by Crippen LogP contribution is -2.12. The van der Waals surface area contributed by atoms with E-state index in [1.54, 1.807) is 31.6 Å². The average molecular weight is 347 g/mol. The number of aryl methyl sites for hydroxylation is 2. The number of nitrogens with one attached hydrogen (secondary N) is 2. The molecule has 0 fully saturated rings. The quantitative estimate of drug-likeness (QED) is 0.702. The van der Waals surface area contributed by atoms with Crippen LogP contribution in [-0.4, -0.2) is 18.0 Å². The molecule has 2 N–H and O–H groups in total. The van der Waals surface area contributed by atoms with Crippen molar-refractivity contribution in [3.63, 3.8) is 0 Å². The van der Waals surface area contributed by atoms with Gasteiger partial charge >= 0.3 is 0 Å². The first-order valence-corrected chi connectivity index (χ1v) is 8.30. The van der Waals surface area contributed by atoms with Gasteiger partial charge < -0.3 is 15.4 Å². The lowest BCUT2D eigenvalue weighted by molar-refractivity contribution is 0.102. The Morgan fingerprint density at radius 2 is 1.85 bits per heavy atom. The van der Waals surface area contributed by atoms with Crippen molar-refractivity contribution in [1.82, 2.24) is 4.98 Å². The highest BCUT2D eigenvalue weighted by molar-refractivity contribution is 6.04. The Hall–Kier alpha value is -3.34. The van der Waals surface area contributed by atoms with Gasteiger partial charge in [-0.15, -0.1) is 0 Å². The van der Waals surface area contributed by atoms with Gasteiger partial charge in [0.15, 0.2) is 0 Å². The number of aromatic nitrogens is 1. The molecule has 132 valence electrons. The normalized spacial score (nSPS) is 10.3. The van der Waals surface area contributed by atoms with E-state index in [-0.39, 0.29) is 5.91 Å². The van der Waals surface area contributed by atoms with Gasteiger partial charge in [0.05, 0.1) is 24.6 Å². The summed E-state index contributed by atoms with van der Waals surface area (Å²) >= 11 is 0. The van der Waals surface area contributed by atoms with Crippen molar-refractivity contribution in [2.45, 2.75) is 13.8 Å². The number of carbonyl (C=O) groups is 1. The highest BCUT2D eigenvalue weighted by Gasteiger charge is 2.09. The van der Waals surface area contributed by atoms with Gasteiger partial charge in [-0.3, -0.25) is 9.78 Å². The number of ether oxygens (including phenoxy) is 1. The molecule has 5 nitrogen and oxygen atoms in total. The molecule has 0 aliphatic heterocycles. The second-order valence-electron chi connectivity index (χ2n) is 6.09. The zero-order valence-electron chi connectivity index (χ0n) is 15.0. The smallest absolute Gasteiger partial charge is 0.257 e. The second-order valence-corrected chi connectivity index (χ2v) is 6.09. The molecule has 0 aliphatic carbocycles. The van der Waals surface area contributed by atoms with Crippen molar-refractivity contribution in [2.24, 2.45) is 0 Å². The van der Waals surface area contributed by atoms with Gasteiger partial charge in [-0.2, -0.15) is 0 Å². The van der Waals surface area contributed by atoms with E-state index in [0.29, 0.717) is 17.0 Å². The van der Waals surface area contributed by atoms with Crippen LogP contribution in [0.25, 0.3) is 0 Å². The molecule has 0 unspecified atom stereocenters. The number of anilines is 3. The number of nitrogens with zero attached hydrogens (tertiary/aromatic N) is 1. The number of hydrogen-bond donors (Lipinski definition) is 2. The minimum atomic E-state index is -0.227. The maximum Gasteiger partial charge on any atom is 0.257 e. The molecule has 2 aromatic carbocycles. The van der Waals surface area contributed by atoms with Crippen LogP contribution in [0.5, 0.6) is 5.75 Å². The van der Waals surface area contributed by atoms with Crippen LogP contribution in [0, 0.1) is 13.8 Å². The fraction of sp³-hybridized carbons (Fsp3) is 0.143. The van der Waals surface area contributed by atoms with E-state index >= 15 is 0 Å². The molecule has 1 aromatic heterocycles. The molecule has 3 rings (SSSR count). The minimum absolute atomic E-state index is 0.227. The lowest BCUT2D eigenvalue weighted by atomic mass is 10.1. The van der Waals surface area contributed by atoms with Gasteiger partial charge in [-0.05, 0) is 49.2 Å². The van der Waals surface area contributed by atoms with Crippen molar-refractivity contribution in [3.05, 3.63) is 77.6 Å². The molecule has 26 heavy (non-hydrogen) atoms. The van der Waals surface area contributed by atoms with Crippen molar-refractivity contribution >= 4 is 23.0 Å². The fourth-order valence-corrected chi connectivity index (χ4v) is 2.56. The average Bonchev–Trinajstić information content (AvgIpc) is 2.65. The Balaban J connectivity index is 1.77. The van der Waals surface area contributed by atoms with E-state index in [4.69, 9.17) is 4.74 Å². The summed E-state index contributed by atoms with van der Waals surface area (Å²) in [5, 5.41) is 6.19. The molecule has 0 saturated carbocycles.